The first-order valence-electron chi connectivity index (χ1n) is 7.01. The van der Waals surface area contributed by atoms with Crippen LogP contribution in [0.3, 0.4) is 0 Å². The summed E-state index contributed by atoms with van der Waals surface area (Å²) >= 11 is 5.75. The Labute approximate surface area is 127 Å². The number of halogens is 3. The van der Waals surface area contributed by atoms with E-state index in [1.807, 2.05) is 0 Å². The Morgan fingerprint density at radius 3 is 2.90 bits per heavy atom. The van der Waals surface area contributed by atoms with Gasteiger partial charge in [0.25, 0.3) is 5.91 Å². The van der Waals surface area contributed by atoms with Crippen LogP contribution in [0.15, 0.2) is 24.3 Å². The normalized spacial score (nSPS) is 18.9. The molecule has 1 aliphatic rings. The second kappa shape index (κ2) is 7.59. The van der Waals surface area contributed by atoms with Crippen molar-refractivity contribution < 1.29 is 18.3 Å². The van der Waals surface area contributed by atoms with E-state index in [9.17, 15) is 13.6 Å². The number of carbonyl (C=O) groups excluding carboxylic acids is 1. The van der Waals surface area contributed by atoms with Crippen molar-refractivity contribution in [3.63, 3.8) is 0 Å². The van der Waals surface area contributed by atoms with E-state index in [2.05, 4.69) is 4.74 Å². The highest BCUT2D eigenvalue weighted by molar-refractivity contribution is 6.17. The van der Waals surface area contributed by atoms with Gasteiger partial charge in [-0.25, -0.2) is 0 Å². The van der Waals surface area contributed by atoms with Crippen LogP contribution in [0.1, 0.15) is 29.6 Å². The summed E-state index contributed by atoms with van der Waals surface area (Å²) < 4.78 is 29.2. The van der Waals surface area contributed by atoms with Crippen molar-refractivity contribution >= 4 is 17.5 Å². The molecule has 0 aromatic heterocycles. The summed E-state index contributed by atoms with van der Waals surface area (Å²) in [5.74, 6) is 0.614. The number of benzene rings is 1. The molecule has 6 heteroatoms. The SMILES string of the molecule is O=C(c1ccccc1OC(F)F)N1CCCC(CCCl)C1. The number of alkyl halides is 3. The maximum Gasteiger partial charge on any atom is 0.387 e. The van der Waals surface area contributed by atoms with Crippen molar-refractivity contribution in [2.45, 2.75) is 25.9 Å². The molecule has 1 atom stereocenters. The van der Waals surface area contributed by atoms with Crippen LogP contribution in [-0.4, -0.2) is 36.4 Å². The summed E-state index contributed by atoms with van der Waals surface area (Å²) in [4.78, 5) is 14.2. The van der Waals surface area contributed by atoms with Crippen molar-refractivity contribution in [3.05, 3.63) is 29.8 Å². The molecule has 1 saturated heterocycles. The maximum absolute atomic E-state index is 12.5. The van der Waals surface area contributed by atoms with Gasteiger partial charge in [0.05, 0.1) is 5.56 Å². The fourth-order valence-corrected chi connectivity index (χ4v) is 2.96. The third-order valence-corrected chi connectivity index (χ3v) is 3.88. The summed E-state index contributed by atoms with van der Waals surface area (Å²) in [5.41, 5.74) is 0.185. The van der Waals surface area contributed by atoms with E-state index in [1.54, 1.807) is 17.0 Å². The van der Waals surface area contributed by atoms with Crippen molar-refractivity contribution in [1.29, 1.82) is 0 Å². The van der Waals surface area contributed by atoms with Crippen LogP contribution in [0.4, 0.5) is 8.78 Å². The average Bonchev–Trinajstić information content (AvgIpc) is 2.47. The highest BCUT2D eigenvalue weighted by atomic mass is 35.5. The molecule has 0 N–H and O–H groups in total. The van der Waals surface area contributed by atoms with Gasteiger partial charge in [0.2, 0.25) is 0 Å². The summed E-state index contributed by atoms with van der Waals surface area (Å²) in [6.07, 6.45) is 2.82. The average molecular weight is 318 g/mol. The highest BCUT2D eigenvalue weighted by Gasteiger charge is 2.26. The number of rotatable bonds is 5. The van der Waals surface area contributed by atoms with E-state index >= 15 is 0 Å². The van der Waals surface area contributed by atoms with Gasteiger partial charge in [-0.15, -0.1) is 11.6 Å². The molecule has 1 aromatic carbocycles. The minimum atomic E-state index is -2.94. The maximum atomic E-state index is 12.5. The number of amides is 1. The number of piperidine rings is 1. The van der Waals surface area contributed by atoms with Gasteiger partial charge in [-0.3, -0.25) is 4.79 Å². The van der Waals surface area contributed by atoms with E-state index < -0.39 is 6.61 Å². The van der Waals surface area contributed by atoms with Crippen molar-refractivity contribution in [3.8, 4) is 5.75 Å². The zero-order valence-corrected chi connectivity index (χ0v) is 12.4. The van der Waals surface area contributed by atoms with Crippen molar-refractivity contribution in [2.75, 3.05) is 19.0 Å². The first-order chi connectivity index (χ1) is 10.1. The van der Waals surface area contributed by atoms with Crippen LogP contribution in [0.25, 0.3) is 0 Å². The Kier molecular flexibility index (Phi) is 5.79. The minimum absolute atomic E-state index is 0.0723. The van der Waals surface area contributed by atoms with Crippen LogP contribution in [0.2, 0.25) is 0 Å². The Balaban J connectivity index is 2.12. The Hall–Kier alpha value is -1.36. The van der Waals surface area contributed by atoms with Gasteiger partial charge >= 0.3 is 6.61 Å². The number of carbonyl (C=O) groups is 1. The molecule has 1 aliphatic heterocycles. The lowest BCUT2D eigenvalue weighted by atomic mass is 9.95. The van der Waals surface area contributed by atoms with Crippen LogP contribution < -0.4 is 4.74 Å². The predicted octanol–water partition coefficient (Wildman–Crippen LogP) is 3.77. The van der Waals surface area contributed by atoms with Gasteiger partial charge in [0.1, 0.15) is 5.75 Å². The molecule has 21 heavy (non-hydrogen) atoms. The summed E-state index contributed by atoms with van der Waals surface area (Å²) in [6.45, 7) is -1.68. The molecule has 116 valence electrons. The van der Waals surface area contributed by atoms with Crippen LogP contribution >= 0.6 is 11.6 Å². The molecule has 1 aromatic rings. The molecule has 1 amide bonds. The first kappa shape index (κ1) is 16.0. The van der Waals surface area contributed by atoms with Crippen molar-refractivity contribution in [2.24, 2.45) is 5.92 Å². The standard InChI is InChI=1S/C15H18ClF2NO2/c16-8-7-11-4-3-9-19(10-11)14(20)12-5-1-2-6-13(12)21-15(17)18/h1-2,5-6,11,15H,3-4,7-10H2. The van der Waals surface area contributed by atoms with E-state index in [0.29, 0.717) is 24.9 Å². The lowest BCUT2D eigenvalue weighted by Gasteiger charge is -2.33. The second-order valence-corrected chi connectivity index (χ2v) is 5.49. The van der Waals surface area contributed by atoms with E-state index in [-0.39, 0.29) is 17.2 Å². The van der Waals surface area contributed by atoms with Gasteiger partial charge in [-0.1, -0.05) is 12.1 Å². The molecule has 0 bridgehead atoms. The molecule has 1 heterocycles. The number of para-hydroxylation sites is 1. The number of ether oxygens (including phenoxy) is 1. The van der Waals surface area contributed by atoms with Gasteiger partial charge in [0, 0.05) is 19.0 Å². The van der Waals surface area contributed by atoms with Crippen LogP contribution in [0.5, 0.6) is 5.75 Å². The Morgan fingerprint density at radius 1 is 1.43 bits per heavy atom. The highest BCUT2D eigenvalue weighted by Crippen LogP contribution is 2.26. The van der Waals surface area contributed by atoms with E-state index in [4.69, 9.17) is 11.6 Å². The molecule has 0 spiro atoms. The molecule has 0 saturated carbocycles. The summed E-state index contributed by atoms with van der Waals surface area (Å²) in [6, 6.07) is 6.12. The monoisotopic (exact) mass is 317 g/mol. The zero-order chi connectivity index (χ0) is 15.2. The van der Waals surface area contributed by atoms with Gasteiger partial charge < -0.3 is 9.64 Å². The zero-order valence-electron chi connectivity index (χ0n) is 11.6. The lowest BCUT2D eigenvalue weighted by molar-refractivity contribution is -0.0503. The number of nitrogens with zero attached hydrogens (tertiary/aromatic N) is 1. The minimum Gasteiger partial charge on any atom is -0.434 e. The van der Waals surface area contributed by atoms with Crippen molar-refractivity contribution in [1.82, 2.24) is 4.90 Å². The molecule has 2 rings (SSSR count). The quantitative estimate of drug-likeness (QED) is 0.774. The molecule has 3 nitrogen and oxygen atoms in total. The van der Waals surface area contributed by atoms with E-state index in [0.717, 1.165) is 19.3 Å². The third-order valence-electron chi connectivity index (χ3n) is 3.66. The second-order valence-electron chi connectivity index (χ2n) is 5.11. The molecular weight excluding hydrogens is 300 g/mol. The molecule has 0 radical (unpaired) electrons. The molecule has 1 fully saturated rings. The lowest BCUT2D eigenvalue weighted by Crippen LogP contribution is -2.40. The topological polar surface area (TPSA) is 29.5 Å². The van der Waals surface area contributed by atoms with Gasteiger partial charge in [-0.05, 0) is 37.3 Å². The number of hydrogen-bond acceptors (Lipinski definition) is 2. The fourth-order valence-electron chi connectivity index (χ4n) is 2.65. The number of likely N-dealkylation sites (tertiary alicyclic amines) is 1. The molecular formula is C15H18ClF2NO2. The molecule has 0 aliphatic carbocycles. The Morgan fingerprint density at radius 2 is 2.19 bits per heavy atom. The third kappa shape index (κ3) is 4.30. The summed E-state index contributed by atoms with van der Waals surface area (Å²) in [7, 11) is 0. The van der Waals surface area contributed by atoms with E-state index in [1.165, 1.54) is 12.1 Å². The van der Waals surface area contributed by atoms with Gasteiger partial charge in [0.15, 0.2) is 0 Å². The van der Waals surface area contributed by atoms with Crippen LogP contribution in [0, 0.1) is 5.92 Å². The fraction of sp³-hybridized carbons (Fsp3) is 0.533. The summed E-state index contributed by atoms with van der Waals surface area (Å²) in [5, 5.41) is 0. The van der Waals surface area contributed by atoms with Gasteiger partial charge in [-0.2, -0.15) is 8.78 Å². The van der Waals surface area contributed by atoms with Crippen LogP contribution in [-0.2, 0) is 0 Å². The Bertz CT molecular complexity index is 482. The molecule has 1 unspecified atom stereocenters. The number of hydrogen-bond donors (Lipinski definition) is 0. The largest absolute Gasteiger partial charge is 0.434 e. The first-order valence-corrected chi connectivity index (χ1v) is 7.54. The predicted molar refractivity (Wildman–Crippen MR) is 77.0 cm³/mol. The smallest absolute Gasteiger partial charge is 0.387 e.